The second kappa shape index (κ2) is 14.7. The molecule has 2 heterocycles. The zero-order valence-electron chi connectivity index (χ0n) is 26.0. The molecule has 10 nitrogen and oxygen atoms in total. The number of urea groups is 1. The van der Waals surface area contributed by atoms with Crippen molar-refractivity contribution in [1.29, 1.82) is 0 Å². The highest BCUT2D eigenvalue weighted by atomic mass is 16.5. The van der Waals surface area contributed by atoms with E-state index in [9.17, 15) is 14.4 Å². The molecule has 0 aliphatic carbocycles. The topological polar surface area (TPSA) is 109 Å². The molecule has 0 saturated heterocycles. The van der Waals surface area contributed by atoms with Gasteiger partial charge in [-0.2, -0.15) is 9.78 Å². The first-order valence-electron chi connectivity index (χ1n) is 15.3. The number of unbranched alkanes of at least 4 members (excludes halogenated alkanes) is 2. The van der Waals surface area contributed by atoms with Crippen LogP contribution in [0.3, 0.4) is 0 Å². The molecule has 2 N–H and O–H groups in total. The summed E-state index contributed by atoms with van der Waals surface area (Å²) in [6.07, 6.45) is 4.51. The number of nitrogens with one attached hydrogen (secondary N) is 2. The van der Waals surface area contributed by atoms with Crippen LogP contribution in [0.4, 0.5) is 10.5 Å². The minimum atomic E-state index is -0.363. The van der Waals surface area contributed by atoms with Crippen LogP contribution in [0.25, 0.3) is 5.69 Å². The molecule has 0 fully saturated rings. The molecular weight excluding hydrogens is 544 g/mol. The molecule has 3 aromatic rings. The lowest BCUT2D eigenvalue weighted by Crippen LogP contribution is -2.43. The predicted octanol–water partition coefficient (Wildman–Crippen LogP) is 5.65. The van der Waals surface area contributed by atoms with Crippen LogP contribution in [0, 0.1) is 0 Å². The number of rotatable bonds is 12. The predicted molar refractivity (Wildman–Crippen MR) is 168 cm³/mol. The van der Waals surface area contributed by atoms with Gasteiger partial charge in [0, 0.05) is 44.0 Å². The molecule has 0 spiro atoms. The Kier molecular flexibility index (Phi) is 10.8. The minimum Gasteiger partial charge on any atom is -0.481 e. The largest absolute Gasteiger partial charge is 0.481 e. The Hall–Kier alpha value is -4.34. The van der Waals surface area contributed by atoms with Crippen molar-refractivity contribution >= 4 is 23.5 Å². The van der Waals surface area contributed by atoms with E-state index in [0.717, 1.165) is 37.7 Å². The zero-order valence-corrected chi connectivity index (χ0v) is 26.0. The van der Waals surface area contributed by atoms with Crippen molar-refractivity contribution in [2.45, 2.75) is 72.4 Å². The van der Waals surface area contributed by atoms with Crippen molar-refractivity contribution in [2.75, 3.05) is 32.1 Å². The van der Waals surface area contributed by atoms with Gasteiger partial charge in [0.15, 0.2) is 5.69 Å². The highest BCUT2D eigenvalue weighted by Crippen LogP contribution is 2.30. The lowest BCUT2D eigenvalue weighted by molar-refractivity contribution is 0.0657. The molecule has 10 heteroatoms. The van der Waals surface area contributed by atoms with Crippen molar-refractivity contribution in [3.63, 3.8) is 0 Å². The summed E-state index contributed by atoms with van der Waals surface area (Å²) in [6.45, 7) is 10.3. The SMILES string of the molecule is CCCCN(CCCC)C(=O)c1cc(OC)n(-c2ccc(NC(=O)NCC)cc2C(=O)N2Cc3ccccc3C[C@H]2C)n1. The van der Waals surface area contributed by atoms with Gasteiger partial charge in [0.2, 0.25) is 5.88 Å². The Morgan fingerprint density at radius 1 is 1.00 bits per heavy atom. The van der Waals surface area contributed by atoms with E-state index < -0.39 is 0 Å². The molecule has 0 radical (unpaired) electrons. The van der Waals surface area contributed by atoms with Gasteiger partial charge in [0.25, 0.3) is 11.8 Å². The number of ether oxygens (including phenoxy) is 1. The van der Waals surface area contributed by atoms with Crippen molar-refractivity contribution in [3.05, 3.63) is 70.9 Å². The number of benzene rings is 2. The fourth-order valence-electron chi connectivity index (χ4n) is 5.37. The number of aromatic nitrogens is 2. The van der Waals surface area contributed by atoms with E-state index in [0.29, 0.717) is 49.0 Å². The van der Waals surface area contributed by atoms with Crippen molar-refractivity contribution in [1.82, 2.24) is 24.9 Å². The molecule has 230 valence electrons. The number of carbonyl (C=O) groups excluding carboxylic acids is 3. The number of fused-ring (bicyclic) bond motifs is 1. The molecule has 1 aliphatic rings. The summed E-state index contributed by atoms with van der Waals surface area (Å²) in [5.41, 5.74) is 3.87. The van der Waals surface area contributed by atoms with Gasteiger partial charge >= 0.3 is 6.03 Å². The van der Waals surface area contributed by atoms with Crippen LogP contribution in [0.5, 0.6) is 5.88 Å². The molecule has 0 saturated carbocycles. The number of hydrogen-bond acceptors (Lipinski definition) is 5. The Balaban J connectivity index is 1.76. The van der Waals surface area contributed by atoms with Gasteiger partial charge in [-0.25, -0.2) is 4.79 Å². The Morgan fingerprint density at radius 3 is 2.35 bits per heavy atom. The molecule has 0 unspecified atom stereocenters. The first-order chi connectivity index (χ1) is 20.8. The Labute approximate surface area is 254 Å². The van der Waals surface area contributed by atoms with Gasteiger partial charge in [-0.15, -0.1) is 0 Å². The molecule has 0 bridgehead atoms. The summed E-state index contributed by atoms with van der Waals surface area (Å²) in [5.74, 6) is -0.0260. The lowest BCUT2D eigenvalue weighted by Gasteiger charge is -2.35. The van der Waals surface area contributed by atoms with Crippen molar-refractivity contribution in [2.24, 2.45) is 0 Å². The first-order valence-corrected chi connectivity index (χ1v) is 15.3. The molecule has 1 aromatic heterocycles. The third-order valence-corrected chi connectivity index (χ3v) is 7.77. The Bertz CT molecular complexity index is 1430. The van der Waals surface area contributed by atoms with Crippen molar-refractivity contribution < 1.29 is 19.1 Å². The van der Waals surface area contributed by atoms with Gasteiger partial charge < -0.3 is 25.2 Å². The molecule has 1 aliphatic heterocycles. The van der Waals surface area contributed by atoms with Gasteiger partial charge in [-0.3, -0.25) is 9.59 Å². The maximum Gasteiger partial charge on any atom is 0.319 e. The summed E-state index contributed by atoms with van der Waals surface area (Å²) in [6, 6.07) is 14.5. The summed E-state index contributed by atoms with van der Waals surface area (Å²) in [5, 5.41) is 10.2. The van der Waals surface area contributed by atoms with Crippen LogP contribution in [0.15, 0.2) is 48.5 Å². The average molecular weight is 589 g/mol. The summed E-state index contributed by atoms with van der Waals surface area (Å²) < 4.78 is 7.18. The van der Waals surface area contributed by atoms with E-state index in [-0.39, 0.29) is 29.6 Å². The van der Waals surface area contributed by atoms with E-state index in [1.54, 1.807) is 24.3 Å². The number of nitrogens with zero attached hydrogens (tertiary/aromatic N) is 4. The molecular formula is C33H44N6O4. The first kappa shape index (κ1) is 31.6. The monoisotopic (exact) mass is 588 g/mol. The lowest BCUT2D eigenvalue weighted by atomic mass is 9.94. The van der Waals surface area contributed by atoms with Crippen LogP contribution in [0.2, 0.25) is 0 Å². The summed E-state index contributed by atoms with van der Waals surface area (Å²) in [7, 11) is 1.52. The highest BCUT2D eigenvalue weighted by Gasteiger charge is 2.31. The van der Waals surface area contributed by atoms with Crippen LogP contribution >= 0.6 is 0 Å². The number of methoxy groups -OCH3 is 1. The van der Waals surface area contributed by atoms with Crippen LogP contribution in [0.1, 0.15) is 85.4 Å². The maximum absolute atomic E-state index is 14.3. The quantitative estimate of drug-likeness (QED) is 0.284. The smallest absolute Gasteiger partial charge is 0.319 e. The fourth-order valence-corrected chi connectivity index (χ4v) is 5.37. The van der Waals surface area contributed by atoms with Gasteiger partial charge in [0.1, 0.15) is 0 Å². The van der Waals surface area contributed by atoms with Gasteiger partial charge in [-0.1, -0.05) is 51.0 Å². The summed E-state index contributed by atoms with van der Waals surface area (Å²) in [4.78, 5) is 43.9. The van der Waals surface area contributed by atoms with Crippen molar-refractivity contribution in [3.8, 4) is 11.6 Å². The second-order valence-electron chi connectivity index (χ2n) is 11.0. The molecule has 2 aromatic carbocycles. The van der Waals surface area contributed by atoms with E-state index in [1.165, 1.54) is 17.4 Å². The number of amides is 4. The maximum atomic E-state index is 14.3. The van der Waals surface area contributed by atoms with Crippen LogP contribution in [-0.4, -0.2) is 70.2 Å². The fraction of sp³-hybridized carbons (Fsp3) is 0.455. The van der Waals surface area contributed by atoms with E-state index >= 15 is 0 Å². The van der Waals surface area contributed by atoms with Crippen LogP contribution < -0.4 is 15.4 Å². The van der Waals surface area contributed by atoms with Gasteiger partial charge in [-0.05, 0) is 62.4 Å². The summed E-state index contributed by atoms with van der Waals surface area (Å²) >= 11 is 0. The number of carbonyl (C=O) groups is 3. The number of hydrogen-bond donors (Lipinski definition) is 2. The molecule has 4 amide bonds. The number of anilines is 1. The Morgan fingerprint density at radius 2 is 1.70 bits per heavy atom. The molecule has 43 heavy (non-hydrogen) atoms. The third kappa shape index (κ3) is 7.36. The zero-order chi connectivity index (χ0) is 30.9. The normalized spacial score (nSPS) is 14.2. The standard InChI is InChI=1S/C33H44N6O4/c1-6-9-17-37(18-10-7-2)32(41)28-21-30(43-5)39(36-28)29-16-15-26(35-33(42)34-8-3)20-27(29)31(40)38-22-25-14-12-11-13-24(25)19-23(38)4/h11-16,20-21,23H,6-10,17-19,22H2,1-5H3,(H2,34,35,42)/t23-/m1/s1. The second-order valence-corrected chi connectivity index (χ2v) is 11.0. The molecule has 4 rings (SSSR count). The van der Waals surface area contributed by atoms with Crippen LogP contribution in [-0.2, 0) is 13.0 Å². The highest BCUT2D eigenvalue weighted by molar-refractivity contribution is 6.00. The van der Waals surface area contributed by atoms with Gasteiger partial charge in [0.05, 0.1) is 18.4 Å². The molecule has 1 atom stereocenters. The average Bonchev–Trinajstić information content (AvgIpc) is 3.44. The van der Waals surface area contributed by atoms with E-state index in [4.69, 9.17) is 4.74 Å². The van der Waals surface area contributed by atoms with E-state index in [1.807, 2.05) is 41.8 Å². The van der Waals surface area contributed by atoms with E-state index in [2.05, 4.69) is 35.6 Å². The minimum absolute atomic E-state index is 0.0439. The third-order valence-electron chi connectivity index (χ3n) is 7.77.